The number of nitrogens with one attached hydrogen (secondary N) is 2. The van der Waals surface area contributed by atoms with Crippen molar-refractivity contribution >= 4 is 47.9 Å². The topological polar surface area (TPSA) is 243 Å². The molecule has 1 heterocycles. The second-order valence-corrected chi connectivity index (χ2v) is 10.9. The van der Waals surface area contributed by atoms with Crippen LogP contribution in [0.25, 0.3) is 0 Å². The minimum atomic E-state index is -1.45. The predicted molar refractivity (Wildman–Crippen MR) is 161 cm³/mol. The van der Waals surface area contributed by atoms with Gasteiger partial charge in [-0.1, -0.05) is 12.1 Å². The first kappa shape index (κ1) is 39.8. The third-order valence-electron chi connectivity index (χ3n) is 6.31. The number of carbonyl (C=O) groups excluding carboxylic acids is 7. The average Bonchev–Trinajstić information content (AvgIpc) is 3.00. The van der Waals surface area contributed by atoms with E-state index < -0.39 is 91.2 Å². The Labute approximate surface area is 281 Å². The van der Waals surface area contributed by atoms with E-state index in [4.69, 9.17) is 43.4 Å². The van der Waals surface area contributed by atoms with Gasteiger partial charge in [0, 0.05) is 34.1 Å². The van der Waals surface area contributed by atoms with E-state index >= 15 is 0 Å². The fourth-order valence-electron chi connectivity index (χ4n) is 4.40. The van der Waals surface area contributed by atoms with E-state index in [1.807, 2.05) is 0 Å². The van der Waals surface area contributed by atoms with Gasteiger partial charge in [-0.15, -0.1) is 0 Å². The number of Topliss-reactive ketones (excluding diaryl/α,β-unsaturated/α-hetero) is 1. The van der Waals surface area contributed by atoms with Crippen molar-refractivity contribution in [1.29, 1.82) is 5.53 Å². The predicted octanol–water partition coefficient (Wildman–Crippen LogP) is 1.35. The fourth-order valence-corrected chi connectivity index (χ4v) is 4.40. The average molecular weight is 695 g/mol. The Balaban J connectivity index is 2.19. The minimum Gasteiger partial charge on any atom is -0.463 e. The second-order valence-electron chi connectivity index (χ2n) is 10.9. The molecule has 0 radical (unpaired) electrons. The number of ketones is 1. The molecule has 0 spiro atoms. The summed E-state index contributed by atoms with van der Waals surface area (Å²) in [6.45, 7) is 7.01. The van der Waals surface area contributed by atoms with Crippen molar-refractivity contribution in [1.82, 2.24) is 5.32 Å². The van der Waals surface area contributed by atoms with Crippen LogP contribution in [0.1, 0.15) is 59.9 Å². The molecule has 0 aromatic heterocycles. The molecular formula is C31H40N3O15+. The van der Waals surface area contributed by atoms with Crippen LogP contribution >= 0.6 is 0 Å². The molecule has 1 aromatic carbocycles. The molecule has 0 bridgehead atoms. The van der Waals surface area contributed by atoms with Crippen LogP contribution in [-0.2, 0) is 68.5 Å². The van der Waals surface area contributed by atoms with Gasteiger partial charge in [0.15, 0.2) is 12.2 Å². The van der Waals surface area contributed by atoms with Gasteiger partial charge in [-0.05, 0) is 38.0 Å². The van der Waals surface area contributed by atoms with Gasteiger partial charge in [-0.25, -0.2) is 9.59 Å². The van der Waals surface area contributed by atoms with Gasteiger partial charge in [-0.3, -0.25) is 24.0 Å². The molecule has 6 atom stereocenters. The fraction of sp³-hybridized carbons (Fsp3) is 0.548. The van der Waals surface area contributed by atoms with Gasteiger partial charge in [0.25, 0.3) is 0 Å². The van der Waals surface area contributed by atoms with E-state index in [1.165, 1.54) is 24.3 Å². The maximum atomic E-state index is 12.5. The Morgan fingerprint density at radius 2 is 1.45 bits per heavy atom. The summed E-state index contributed by atoms with van der Waals surface area (Å²) >= 11 is 0. The molecule has 1 saturated heterocycles. The van der Waals surface area contributed by atoms with E-state index in [9.17, 15) is 33.6 Å². The van der Waals surface area contributed by atoms with Crippen LogP contribution in [0.4, 0.5) is 4.79 Å². The van der Waals surface area contributed by atoms with E-state index in [0.29, 0.717) is 5.56 Å². The summed E-state index contributed by atoms with van der Waals surface area (Å²) in [6.07, 6.45) is -7.81. The first-order valence-electron chi connectivity index (χ1n) is 15.0. The van der Waals surface area contributed by atoms with Gasteiger partial charge in [0.05, 0.1) is 16.4 Å². The maximum absolute atomic E-state index is 12.5. The summed E-state index contributed by atoms with van der Waals surface area (Å²) in [5.41, 5.74) is 7.22. The van der Waals surface area contributed by atoms with Crippen molar-refractivity contribution in [2.24, 2.45) is 0 Å². The van der Waals surface area contributed by atoms with Gasteiger partial charge < -0.3 is 43.2 Å². The van der Waals surface area contributed by atoms with Crippen LogP contribution < -0.4 is 10.1 Å². The molecular weight excluding hydrogens is 654 g/mol. The molecule has 0 saturated carbocycles. The zero-order chi connectivity index (χ0) is 36.7. The van der Waals surface area contributed by atoms with Crippen molar-refractivity contribution in [3.05, 3.63) is 29.8 Å². The summed E-state index contributed by atoms with van der Waals surface area (Å²) in [5.74, 6) is -4.16. The molecule has 2 N–H and O–H groups in total. The first-order valence-corrected chi connectivity index (χ1v) is 15.0. The lowest BCUT2D eigenvalue weighted by Gasteiger charge is -2.43. The second kappa shape index (κ2) is 19.5. The number of nitrogens with zero attached hydrogens (tertiary/aromatic N) is 1. The van der Waals surface area contributed by atoms with Crippen molar-refractivity contribution < 1.29 is 76.2 Å². The van der Waals surface area contributed by atoms with Crippen LogP contribution in [0.5, 0.6) is 5.75 Å². The molecule has 18 heteroatoms. The van der Waals surface area contributed by atoms with Crippen LogP contribution in [0.15, 0.2) is 24.3 Å². The van der Waals surface area contributed by atoms with Crippen molar-refractivity contribution in [2.45, 2.75) is 104 Å². The lowest BCUT2D eigenvalue weighted by Crippen LogP contribution is -2.63. The van der Waals surface area contributed by atoms with Crippen LogP contribution in [0.3, 0.4) is 0 Å². The molecule has 2 rings (SSSR count). The summed E-state index contributed by atoms with van der Waals surface area (Å²) < 4.78 is 43.4. The molecule has 49 heavy (non-hydrogen) atoms. The van der Waals surface area contributed by atoms with Crippen molar-refractivity contribution in [3.63, 3.8) is 0 Å². The lowest BCUT2D eigenvalue weighted by molar-refractivity contribution is -0.288. The largest absolute Gasteiger partial charge is 0.463 e. The Kier molecular flexibility index (Phi) is 15.8. The van der Waals surface area contributed by atoms with Gasteiger partial charge in [0.1, 0.15) is 31.1 Å². The SMILES string of the molecule is CC(=O)OC[C@H]1O[C@@H](Oc2ccc(COC(=O)N[C@@H](CCC(=O)C=[N+]=N)C(=O)OC(C)C)cc2)[C@H](OC(C)=O)[C@@H](OC(C)=O)[C@@H]1OC(C)=O. The Morgan fingerprint density at radius 1 is 0.857 bits per heavy atom. The van der Waals surface area contributed by atoms with E-state index in [2.05, 4.69) is 10.1 Å². The number of benzene rings is 1. The molecule has 1 aliphatic heterocycles. The monoisotopic (exact) mass is 694 g/mol. The number of hydrogen-bond acceptors (Lipinski definition) is 16. The maximum Gasteiger partial charge on any atom is 0.408 e. The molecule has 0 aliphatic carbocycles. The van der Waals surface area contributed by atoms with Gasteiger partial charge in [0.2, 0.25) is 18.2 Å². The first-order chi connectivity index (χ1) is 23.1. The number of alkyl carbamates (subject to hydrolysis) is 1. The third-order valence-corrected chi connectivity index (χ3v) is 6.31. The molecule has 1 aliphatic rings. The highest BCUT2D eigenvalue weighted by Crippen LogP contribution is 2.31. The van der Waals surface area contributed by atoms with Gasteiger partial charge >= 0.3 is 42.2 Å². The number of ether oxygens (including phenoxy) is 8. The standard InChI is InChI=1S/C31H39N3O15/c1-16(2)44-29(40)24(12-9-22(39)13-33-32)34-31(41)43-14-21-7-10-23(11-8-21)48-30-28(47-20(6)38)27(46-19(5)37)26(45-18(4)36)25(49-30)15-42-17(3)35/h7-8,10-11,13,16,24-28,30,32H,9,12,14-15H2,1-6H3/p+1/t24-,25+,26+,27-,28+,30+/m0/s1. The highest BCUT2D eigenvalue weighted by atomic mass is 16.7. The van der Waals surface area contributed by atoms with Crippen LogP contribution in [-0.4, -0.2) is 102 Å². The number of amides is 1. The van der Waals surface area contributed by atoms with Crippen LogP contribution in [0.2, 0.25) is 0 Å². The molecule has 18 nitrogen and oxygen atoms in total. The summed E-state index contributed by atoms with van der Waals surface area (Å²) in [7, 11) is 0. The molecule has 268 valence electrons. The van der Waals surface area contributed by atoms with Gasteiger partial charge in [-0.2, -0.15) is 0 Å². The van der Waals surface area contributed by atoms with E-state index in [1.54, 1.807) is 13.8 Å². The molecule has 1 amide bonds. The highest BCUT2D eigenvalue weighted by Gasteiger charge is 2.53. The quantitative estimate of drug-likeness (QED) is 0.0816. The molecule has 1 aromatic rings. The normalized spacial score (nSPS) is 20.3. The minimum absolute atomic E-state index is 0.114. The summed E-state index contributed by atoms with van der Waals surface area (Å²) in [5, 5.41) is 2.37. The van der Waals surface area contributed by atoms with Crippen molar-refractivity contribution in [3.8, 4) is 5.75 Å². The zero-order valence-corrected chi connectivity index (χ0v) is 27.8. The Bertz CT molecular complexity index is 1410. The Hall–Kier alpha value is -5.35. The van der Waals surface area contributed by atoms with Crippen LogP contribution in [0, 0.1) is 5.53 Å². The Morgan fingerprint density at radius 3 is 2.00 bits per heavy atom. The smallest absolute Gasteiger partial charge is 0.408 e. The molecule has 0 unspecified atom stereocenters. The van der Waals surface area contributed by atoms with Crippen molar-refractivity contribution in [2.75, 3.05) is 6.61 Å². The van der Waals surface area contributed by atoms with E-state index in [-0.39, 0.29) is 25.2 Å². The number of rotatable bonds is 16. The third kappa shape index (κ3) is 14.1. The highest BCUT2D eigenvalue weighted by molar-refractivity contribution is 6.25. The number of hydrogen-bond donors (Lipinski definition) is 2. The lowest BCUT2D eigenvalue weighted by atomic mass is 9.98. The number of carbonyl (C=O) groups is 7. The zero-order valence-electron chi connectivity index (χ0n) is 27.8. The summed E-state index contributed by atoms with van der Waals surface area (Å²) in [4.78, 5) is 87.1. The molecule has 1 fully saturated rings. The van der Waals surface area contributed by atoms with E-state index in [0.717, 1.165) is 33.9 Å². The summed E-state index contributed by atoms with van der Waals surface area (Å²) in [6, 6.07) is 4.78. The number of esters is 5.